The van der Waals surface area contributed by atoms with Gasteiger partial charge in [0.25, 0.3) is 0 Å². The zero-order valence-corrected chi connectivity index (χ0v) is 17.8. The number of nitriles is 1. The monoisotopic (exact) mass is 415 g/mol. The molecule has 2 aromatic heterocycles. The van der Waals surface area contributed by atoms with Gasteiger partial charge in [-0.1, -0.05) is 25.6 Å². The van der Waals surface area contributed by atoms with Crippen LogP contribution in [0.25, 0.3) is 0 Å². The van der Waals surface area contributed by atoms with E-state index in [0.717, 1.165) is 23.8 Å². The van der Waals surface area contributed by atoms with Gasteiger partial charge in [0.1, 0.15) is 11.9 Å². The minimum Gasteiger partial charge on any atom is -0.424 e. The van der Waals surface area contributed by atoms with Crippen LogP contribution in [-0.4, -0.2) is 62.5 Å². The standard InChI is InChI=1S/C19H25N7O2S/c1-12(2)17-22-23-19(26(17)14-4-5-14)29-11-16(27)24-6-8-25(9-7-24)18-15(10-20)21-13(3)28-18/h12,14H,4-9,11H2,1-3H3. The van der Waals surface area contributed by atoms with Crippen molar-refractivity contribution in [3.63, 3.8) is 0 Å². The third-order valence-electron chi connectivity index (χ3n) is 5.19. The maximum Gasteiger partial charge on any atom is 0.234 e. The minimum absolute atomic E-state index is 0.0975. The number of aromatic nitrogens is 4. The molecule has 2 aliphatic rings. The van der Waals surface area contributed by atoms with Crippen molar-refractivity contribution in [2.24, 2.45) is 0 Å². The molecule has 1 amide bonds. The minimum atomic E-state index is 0.0975. The van der Waals surface area contributed by atoms with Gasteiger partial charge in [-0.2, -0.15) is 5.26 Å². The Labute approximate surface area is 174 Å². The Morgan fingerprint density at radius 1 is 1.28 bits per heavy atom. The van der Waals surface area contributed by atoms with Gasteiger partial charge in [0.05, 0.1) is 5.75 Å². The van der Waals surface area contributed by atoms with Crippen LogP contribution in [0.5, 0.6) is 0 Å². The van der Waals surface area contributed by atoms with Gasteiger partial charge in [-0.25, -0.2) is 4.98 Å². The van der Waals surface area contributed by atoms with Gasteiger partial charge in [-0.05, 0) is 12.8 Å². The van der Waals surface area contributed by atoms with Gasteiger partial charge in [0.2, 0.25) is 17.5 Å². The van der Waals surface area contributed by atoms with Gasteiger partial charge in [0.15, 0.2) is 11.0 Å². The highest BCUT2D eigenvalue weighted by atomic mass is 32.2. The van der Waals surface area contributed by atoms with Crippen molar-refractivity contribution >= 4 is 23.6 Å². The summed E-state index contributed by atoms with van der Waals surface area (Å²) in [5.74, 6) is 2.76. The van der Waals surface area contributed by atoms with E-state index < -0.39 is 0 Å². The summed E-state index contributed by atoms with van der Waals surface area (Å²) in [5, 5.41) is 18.7. The SMILES string of the molecule is Cc1nc(C#N)c(N2CCN(C(=O)CSc3nnc(C(C)C)n3C3CC3)CC2)o1. The number of anilines is 1. The first kappa shape index (κ1) is 19.8. The number of hydrogen-bond acceptors (Lipinski definition) is 8. The largest absolute Gasteiger partial charge is 0.424 e. The number of hydrogen-bond donors (Lipinski definition) is 0. The molecule has 2 fully saturated rings. The number of carbonyl (C=O) groups is 1. The first-order chi connectivity index (χ1) is 14.0. The molecular weight excluding hydrogens is 390 g/mol. The molecular formula is C19H25N7O2S. The number of thioether (sulfide) groups is 1. The molecule has 0 N–H and O–H groups in total. The topological polar surface area (TPSA) is 104 Å². The Bertz CT molecular complexity index is 933. The van der Waals surface area contributed by atoms with E-state index >= 15 is 0 Å². The molecule has 0 unspecified atom stereocenters. The lowest BCUT2D eigenvalue weighted by Gasteiger charge is -2.34. The number of aryl methyl sites for hydroxylation is 1. The second kappa shape index (κ2) is 8.06. The zero-order chi connectivity index (χ0) is 20.5. The van der Waals surface area contributed by atoms with Crippen LogP contribution in [0.4, 0.5) is 5.88 Å². The maximum atomic E-state index is 12.7. The molecule has 3 heterocycles. The van der Waals surface area contributed by atoms with Crippen molar-refractivity contribution in [2.75, 3.05) is 36.8 Å². The zero-order valence-electron chi connectivity index (χ0n) is 17.0. The molecule has 154 valence electrons. The van der Waals surface area contributed by atoms with E-state index in [1.54, 1.807) is 6.92 Å². The maximum absolute atomic E-state index is 12.7. The van der Waals surface area contributed by atoms with Crippen LogP contribution in [0, 0.1) is 18.3 Å². The second-order valence-electron chi connectivity index (χ2n) is 7.75. The van der Waals surface area contributed by atoms with E-state index in [4.69, 9.17) is 4.42 Å². The van der Waals surface area contributed by atoms with E-state index in [9.17, 15) is 10.1 Å². The Balaban J connectivity index is 1.33. The van der Waals surface area contributed by atoms with Crippen molar-refractivity contribution in [3.8, 4) is 6.07 Å². The molecule has 4 rings (SSSR count). The first-order valence-corrected chi connectivity index (χ1v) is 10.9. The fourth-order valence-corrected chi connectivity index (χ4v) is 4.45. The number of carbonyl (C=O) groups excluding carboxylic acids is 1. The second-order valence-corrected chi connectivity index (χ2v) is 8.69. The number of amides is 1. The molecule has 0 bridgehead atoms. The van der Waals surface area contributed by atoms with Crippen LogP contribution in [-0.2, 0) is 4.79 Å². The van der Waals surface area contributed by atoms with Crippen molar-refractivity contribution in [1.82, 2.24) is 24.6 Å². The van der Waals surface area contributed by atoms with E-state index in [1.807, 2.05) is 9.80 Å². The van der Waals surface area contributed by atoms with Gasteiger partial charge in [-0.15, -0.1) is 10.2 Å². The summed E-state index contributed by atoms with van der Waals surface area (Å²) in [7, 11) is 0. The number of piperazine rings is 1. The molecule has 10 heteroatoms. The lowest BCUT2D eigenvalue weighted by Crippen LogP contribution is -2.49. The molecule has 1 saturated heterocycles. The smallest absolute Gasteiger partial charge is 0.234 e. The summed E-state index contributed by atoms with van der Waals surface area (Å²) in [6.45, 7) is 8.40. The molecule has 0 spiro atoms. The Morgan fingerprint density at radius 3 is 2.62 bits per heavy atom. The first-order valence-electron chi connectivity index (χ1n) is 9.95. The van der Waals surface area contributed by atoms with E-state index in [-0.39, 0.29) is 5.91 Å². The van der Waals surface area contributed by atoms with Gasteiger partial charge >= 0.3 is 0 Å². The third kappa shape index (κ3) is 4.10. The van der Waals surface area contributed by atoms with Crippen LogP contribution < -0.4 is 4.90 Å². The van der Waals surface area contributed by atoms with Crippen molar-refractivity contribution < 1.29 is 9.21 Å². The van der Waals surface area contributed by atoms with Crippen LogP contribution in [0.3, 0.4) is 0 Å². The predicted molar refractivity (Wildman–Crippen MR) is 108 cm³/mol. The fraction of sp³-hybridized carbons (Fsp3) is 0.632. The molecule has 1 aliphatic heterocycles. The molecule has 1 saturated carbocycles. The third-order valence-corrected chi connectivity index (χ3v) is 6.11. The predicted octanol–water partition coefficient (Wildman–Crippen LogP) is 2.35. The molecule has 0 radical (unpaired) electrons. The Hall–Kier alpha value is -2.54. The fourth-order valence-electron chi connectivity index (χ4n) is 3.54. The van der Waals surface area contributed by atoms with Crippen LogP contribution in [0.2, 0.25) is 0 Å². The quantitative estimate of drug-likeness (QED) is 0.662. The lowest BCUT2D eigenvalue weighted by atomic mass is 10.2. The summed E-state index contributed by atoms with van der Waals surface area (Å²) >= 11 is 1.47. The van der Waals surface area contributed by atoms with E-state index in [1.165, 1.54) is 11.8 Å². The summed E-state index contributed by atoms with van der Waals surface area (Å²) in [6.07, 6.45) is 2.32. The van der Waals surface area contributed by atoms with Crippen molar-refractivity contribution in [1.29, 1.82) is 5.26 Å². The van der Waals surface area contributed by atoms with E-state index in [0.29, 0.717) is 61.4 Å². The van der Waals surface area contributed by atoms with Crippen LogP contribution in [0.15, 0.2) is 9.57 Å². The summed E-state index contributed by atoms with van der Waals surface area (Å²) in [6, 6.07) is 2.56. The molecule has 0 atom stereocenters. The summed E-state index contributed by atoms with van der Waals surface area (Å²) in [5.41, 5.74) is 0.304. The van der Waals surface area contributed by atoms with Crippen LogP contribution >= 0.6 is 11.8 Å². The molecule has 29 heavy (non-hydrogen) atoms. The van der Waals surface area contributed by atoms with Crippen LogP contribution in [0.1, 0.15) is 56.1 Å². The highest BCUT2D eigenvalue weighted by Gasteiger charge is 2.31. The molecule has 0 aromatic carbocycles. The average molecular weight is 416 g/mol. The molecule has 9 nitrogen and oxygen atoms in total. The van der Waals surface area contributed by atoms with Crippen molar-refractivity contribution in [3.05, 3.63) is 17.4 Å². The number of rotatable bonds is 6. The van der Waals surface area contributed by atoms with E-state index in [2.05, 4.69) is 39.7 Å². The van der Waals surface area contributed by atoms with Crippen molar-refractivity contribution in [2.45, 2.75) is 50.7 Å². The number of nitrogens with zero attached hydrogens (tertiary/aromatic N) is 7. The van der Waals surface area contributed by atoms with Gasteiger partial charge in [0, 0.05) is 45.1 Å². The summed E-state index contributed by atoms with van der Waals surface area (Å²) < 4.78 is 7.79. The van der Waals surface area contributed by atoms with Gasteiger partial charge in [-0.3, -0.25) is 4.79 Å². The molecule has 2 aromatic rings. The Kier molecular flexibility index (Phi) is 5.50. The number of oxazole rings is 1. The lowest BCUT2D eigenvalue weighted by molar-refractivity contribution is -0.128. The summed E-state index contributed by atoms with van der Waals surface area (Å²) in [4.78, 5) is 20.7. The average Bonchev–Trinajstić information content (AvgIpc) is 3.35. The molecule has 1 aliphatic carbocycles. The highest BCUT2D eigenvalue weighted by molar-refractivity contribution is 7.99. The van der Waals surface area contributed by atoms with Gasteiger partial charge < -0.3 is 18.8 Å². The Morgan fingerprint density at radius 2 is 2.00 bits per heavy atom. The highest BCUT2D eigenvalue weighted by Crippen LogP contribution is 2.40. The normalized spacial score (nSPS) is 17.1.